The summed E-state index contributed by atoms with van der Waals surface area (Å²) in [5.41, 5.74) is 0.714. The Morgan fingerprint density at radius 1 is 0.973 bits per heavy atom. The molecule has 2 aromatic carbocycles. The number of nitro benzene ring substituents is 1. The molecule has 1 heterocycles. The van der Waals surface area contributed by atoms with E-state index in [4.69, 9.17) is 4.74 Å². The van der Waals surface area contributed by atoms with Crippen molar-refractivity contribution >= 4 is 61.1 Å². The highest BCUT2D eigenvalue weighted by Gasteiger charge is 2.67. The number of carbonyl (C=O) groups excluding carboxylic acids is 4. The number of hydrogen-bond donors (Lipinski definition) is 0. The van der Waals surface area contributed by atoms with Gasteiger partial charge in [-0.2, -0.15) is 0 Å². The van der Waals surface area contributed by atoms with Crippen molar-refractivity contribution < 1.29 is 28.8 Å². The fourth-order valence-corrected chi connectivity index (χ4v) is 7.76. The molecule has 192 valence electrons. The Balaban J connectivity index is 1.36. The number of fused-ring (bicyclic) bond motifs is 5. The molecular formula is C26H22Br2N2O7. The van der Waals surface area contributed by atoms with E-state index in [-0.39, 0.29) is 51.0 Å². The Labute approximate surface area is 228 Å². The number of hydrogen-bond acceptors (Lipinski definition) is 7. The van der Waals surface area contributed by atoms with Gasteiger partial charge in [0.25, 0.3) is 5.69 Å². The quantitative estimate of drug-likeness (QED) is 0.108. The van der Waals surface area contributed by atoms with Gasteiger partial charge in [-0.05, 0) is 36.0 Å². The molecule has 0 aromatic heterocycles. The Kier molecular flexibility index (Phi) is 7.01. The Hall–Kier alpha value is -2.92. The molecule has 3 fully saturated rings. The monoisotopic (exact) mass is 632 g/mol. The molecule has 2 bridgehead atoms. The van der Waals surface area contributed by atoms with Crippen LogP contribution < -0.4 is 0 Å². The van der Waals surface area contributed by atoms with Gasteiger partial charge in [0, 0.05) is 33.8 Å². The molecular weight excluding hydrogens is 612 g/mol. The topological polar surface area (TPSA) is 124 Å². The van der Waals surface area contributed by atoms with Gasteiger partial charge in [-0.1, -0.05) is 62.2 Å². The third-order valence-electron chi connectivity index (χ3n) is 7.62. The molecule has 7 atom stereocenters. The summed E-state index contributed by atoms with van der Waals surface area (Å²) in [7, 11) is 0. The third kappa shape index (κ3) is 4.52. The number of nitro groups is 1. The number of imide groups is 1. The Bertz CT molecular complexity index is 1240. The smallest absolute Gasteiger partial charge is 0.330 e. The largest absolute Gasteiger partial charge is 0.456 e. The number of rotatable bonds is 8. The SMILES string of the molecule is O=C(COC(=O)[C@H](Cc1ccccc1)N1C(=O)[C@@H]2[C@H]3C[C@@H]([C@@H](Br)[C@H]3Br)[C@H]2C1=O)c1ccc([N+](=O)[O-])cc1. The molecule has 2 amide bonds. The van der Waals surface area contributed by atoms with Gasteiger partial charge in [0.2, 0.25) is 11.8 Å². The van der Waals surface area contributed by atoms with E-state index in [1.54, 1.807) is 24.3 Å². The van der Waals surface area contributed by atoms with Crippen molar-refractivity contribution in [2.24, 2.45) is 23.7 Å². The highest BCUT2D eigenvalue weighted by Crippen LogP contribution is 2.60. The molecule has 0 unspecified atom stereocenters. The van der Waals surface area contributed by atoms with E-state index in [9.17, 15) is 29.3 Å². The number of likely N-dealkylation sites (tertiary alicyclic amines) is 1. The predicted octanol–water partition coefficient (Wildman–Crippen LogP) is 3.71. The van der Waals surface area contributed by atoms with Crippen LogP contribution in [0.1, 0.15) is 22.3 Å². The molecule has 2 aromatic rings. The van der Waals surface area contributed by atoms with E-state index in [0.29, 0.717) is 0 Å². The number of ketones is 1. The first kappa shape index (κ1) is 25.7. The second-order valence-electron chi connectivity index (χ2n) is 9.59. The lowest BCUT2D eigenvalue weighted by molar-refractivity contribution is -0.384. The number of carbonyl (C=O) groups is 4. The van der Waals surface area contributed by atoms with E-state index in [2.05, 4.69) is 31.9 Å². The highest BCUT2D eigenvalue weighted by atomic mass is 79.9. The van der Waals surface area contributed by atoms with Crippen molar-refractivity contribution in [3.63, 3.8) is 0 Å². The zero-order valence-corrected chi connectivity index (χ0v) is 22.5. The molecule has 5 rings (SSSR count). The number of amides is 2. The van der Waals surface area contributed by atoms with Crippen LogP contribution in [0.2, 0.25) is 0 Å². The van der Waals surface area contributed by atoms with Crippen LogP contribution in [0.15, 0.2) is 54.6 Å². The van der Waals surface area contributed by atoms with Gasteiger partial charge in [-0.15, -0.1) is 0 Å². The van der Waals surface area contributed by atoms with Gasteiger partial charge in [0.1, 0.15) is 6.04 Å². The maximum absolute atomic E-state index is 13.6. The molecule has 0 N–H and O–H groups in total. The van der Waals surface area contributed by atoms with Gasteiger partial charge in [0.05, 0.1) is 16.8 Å². The highest BCUT2D eigenvalue weighted by molar-refractivity contribution is 9.12. The summed E-state index contributed by atoms with van der Waals surface area (Å²) >= 11 is 7.33. The minimum Gasteiger partial charge on any atom is -0.456 e. The molecule has 1 aliphatic heterocycles. The molecule has 2 aliphatic carbocycles. The van der Waals surface area contributed by atoms with Crippen LogP contribution in [0, 0.1) is 33.8 Å². The molecule has 37 heavy (non-hydrogen) atoms. The zero-order chi connectivity index (χ0) is 26.4. The number of alkyl halides is 2. The average Bonchev–Trinajstić information content (AvgIpc) is 3.51. The van der Waals surface area contributed by atoms with Gasteiger partial charge in [-0.25, -0.2) is 4.79 Å². The first-order chi connectivity index (χ1) is 17.7. The van der Waals surface area contributed by atoms with E-state index in [0.717, 1.165) is 16.9 Å². The second kappa shape index (κ2) is 10.1. The van der Waals surface area contributed by atoms with E-state index < -0.39 is 41.2 Å². The number of esters is 1. The van der Waals surface area contributed by atoms with Crippen LogP contribution in [-0.4, -0.2) is 55.7 Å². The minimum absolute atomic E-state index is 0.00191. The number of non-ortho nitro benzene ring substituents is 1. The lowest BCUT2D eigenvalue weighted by atomic mass is 9.81. The van der Waals surface area contributed by atoms with Crippen LogP contribution in [-0.2, 0) is 25.5 Å². The van der Waals surface area contributed by atoms with E-state index in [1.165, 1.54) is 24.3 Å². The van der Waals surface area contributed by atoms with Crippen molar-refractivity contribution in [3.05, 3.63) is 75.8 Å². The van der Waals surface area contributed by atoms with Crippen LogP contribution in [0.25, 0.3) is 0 Å². The number of halogens is 2. The molecule has 2 saturated carbocycles. The third-order valence-corrected chi connectivity index (χ3v) is 10.8. The maximum Gasteiger partial charge on any atom is 0.330 e. The number of nitrogens with zero attached hydrogens (tertiary/aromatic N) is 2. The summed E-state index contributed by atoms with van der Waals surface area (Å²) in [6.45, 7) is -0.622. The van der Waals surface area contributed by atoms with Crippen molar-refractivity contribution in [3.8, 4) is 0 Å². The lowest BCUT2D eigenvalue weighted by Gasteiger charge is -2.28. The lowest BCUT2D eigenvalue weighted by Crippen LogP contribution is -2.48. The second-order valence-corrected chi connectivity index (χ2v) is 11.7. The van der Waals surface area contributed by atoms with Crippen LogP contribution in [0.3, 0.4) is 0 Å². The van der Waals surface area contributed by atoms with Crippen molar-refractivity contribution in [1.29, 1.82) is 0 Å². The van der Waals surface area contributed by atoms with Crippen LogP contribution in [0.4, 0.5) is 5.69 Å². The van der Waals surface area contributed by atoms with Crippen molar-refractivity contribution in [1.82, 2.24) is 4.90 Å². The molecule has 0 spiro atoms. The number of ether oxygens (including phenoxy) is 1. The number of benzene rings is 2. The van der Waals surface area contributed by atoms with E-state index >= 15 is 0 Å². The van der Waals surface area contributed by atoms with Gasteiger partial charge in [-0.3, -0.25) is 29.4 Å². The maximum atomic E-state index is 13.6. The van der Waals surface area contributed by atoms with Gasteiger partial charge < -0.3 is 4.74 Å². The van der Waals surface area contributed by atoms with E-state index in [1.807, 2.05) is 6.07 Å². The fourth-order valence-electron chi connectivity index (χ4n) is 5.88. The molecule has 1 saturated heterocycles. The summed E-state index contributed by atoms with van der Waals surface area (Å²) < 4.78 is 5.33. The minimum atomic E-state index is -1.21. The van der Waals surface area contributed by atoms with Crippen molar-refractivity contribution in [2.45, 2.75) is 28.5 Å². The van der Waals surface area contributed by atoms with Gasteiger partial charge in [0.15, 0.2) is 12.4 Å². The predicted molar refractivity (Wildman–Crippen MR) is 138 cm³/mol. The van der Waals surface area contributed by atoms with Crippen molar-refractivity contribution in [2.75, 3.05) is 6.61 Å². The normalized spacial score (nSPS) is 28.8. The summed E-state index contributed by atoms with van der Waals surface area (Å²) in [4.78, 5) is 64.5. The summed E-state index contributed by atoms with van der Waals surface area (Å²) in [5.74, 6) is -3.11. The standard InChI is InChI=1S/C26H22Br2N2O7/c27-22-16-11-17(23(22)28)21-20(16)24(32)29(25(21)33)18(10-13-4-2-1-3-5-13)26(34)37-12-19(31)14-6-8-15(9-7-14)30(35)36/h1-9,16-18,20-23H,10-12H2/t16-,17-,18+,20-,21-,22-,23+/m1/s1. The van der Waals surface area contributed by atoms with Gasteiger partial charge >= 0.3 is 5.97 Å². The first-order valence-corrected chi connectivity index (χ1v) is 13.7. The first-order valence-electron chi connectivity index (χ1n) is 11.8. The molecule has 9 nitrogen and oxygen atoms in total. The summed E-state index contributed by atoms with van der Waals surface area (Å²) in [5, 5.41) is 10.8. The fraction of sp³-hybridized carbons (Fsp3) is 0.385. The summed E-state index contributed by atoms with van der Waals surface area (Å²) in [6, 6.07) is 12.7. The Morgan fingerprint density at radius 2 is 1.54 bits per heavy atom. The molecule has 3 aliphatic rings. The molecule has 11 heteroatoms. The average molecular weight is 634 g/mol. The Morgan fingerprint density at radius 3 is 2.08 bits per heavy atom. The van der Waals surface area contributed by atoms with Crippen LogP contribution in [0.5, 0.6) is 0 Å². The summed E-state index contributed by atoms with van der Waals surface area (Å²) in [6.07, 6.45) is 0.831. The number of Topliss-reactive ketones (excluding diaryl/α,β-unsaturated/α-hetero) is 1. The van der Waals surface area contributed by atoms with Crippen LogP contribution >= 0.6 is 31.9 Å². The molecule has 0 radical (unpaired) electrons. The zero-order valence-electron chi connectivity index (χ0n) is 19.4.